The van der Waals surface area contributed by atoms with Crippen LogP contribution in [0.25, 0.3) is 10.9 Å². The second-order valence-electron chi connectivity index (χ2n) is 7.70. The first kappa shape index (κ1) is 22.2. The number of aromatic nitrogens is 1. The van der Waals surface area contributed by atoms with Crippen LogP contribution in [0.5, 0.6) is 0 Å². The predicted octanol–water partition coefficient (Wildman–Crippen LogP) is 3.39. The molecule has 166 valence electrons. The summed E-state index contributed by atoms with van der Waals surface area (Å²) in [5.74, 6) is -0.0582. The van der Waals surface area contributed by atoms with Gasteiger partial charge in [0.2, 0.25) is 11.8 Å². The van der Waals surface area contributed by atoms with E-state index in [4.69, 9.17) is 0 Å². The van der Waals surface area contributed by atoms with Crippen molar-refractivity contribution in [3.8, 4) is 0 Å². The van der Waals surface area contributed by atoms with Crippen LogP contribution in [0.2, 0.25) is 0 Å². The highest BCUT2D eigenvalue weighted by Gasteiger charge is 2.21. The SMILES string of the molecule is O=C(CSCC(=O)N1CCN(Cc2cccc3cccnc23)CC1)Nc1ccc(F)cc1. The second kappa shape index (κ2) is 10.6. The summed E-state index contributed by atoms with van der Waals surface area (Å²) in [6.07, 6.45) is 1.82. The van der Waals surface area contributed by atoms with Crippen LogP contribution in [0.1, 0.15) is 5.56 Å². The summed E-state index contributed by atoms with van der Waals surface area (Å²) in [5, 5.41) is 3.84. The van der Waals surface area contributed by atoms with Crippen LogP contribution in [0, 0.1) is 5.82 Å². The predicted molar refractivity (Wildman–Crippen MR) is 126 cm³/mol. The van der Waals surface area contributed by atoms with E-state index in [2.05, 4.69) is 39.5 Å². The summed E-state index contributed by atoms with van der Waals surface area (Å²) >= 11 is 1.29. The molecule has 1 aliphatic heterocycles. The fraction of sp³-hybridized carbons (Fsp3) is 0.292. The zero-order valence-corrected chi connectivity index (χ0v) is 18.5. The Morgan fingerprint density at radius 2 is 1.72 bits per heavy atom. The van der Waals surface area contributed by atoms with Gasteiger partial charge in [-0.2, -0.15) is 0 Å². The molecule has 0 radical (unpaired) electrons. The molecule has 1 aromatic heterocycles. The van der Waals surface area contributed by atoms with E-state index in [0.717, 1.165) is 30.5 Å². The van der Waals surface area contributed by atoms with Crippen molar-refractivity contribution < 1.29 is 14.0 Å². The van der Waals surface area contributed by atoms with Crippen LogP contribution < -0.4 is 5.32 Å². The lowest BCUT2D eigenvalue weighted by atomic mass is 10.1. The van der Waals surface area contributed by atoms with Crippen LogP contribution in [0.3, 0.4) is 0 Å². The molecule has 0 aliphatic carbocycles. The number of thioether (sulfide) groups is 1. The van der Waals surface area contributed by atoms with E-state index in [1.807, 2.05) is 17.2 Å². The third-order valence-corrected chi connectivity index (χ3v) is 6.34. The highest BCUT2D eigenvalue weighted by atomic mass is 32.2. The van der Waals surface area contributed by atoms with Gasteiger partial charge in [0.05, 0.1) is 17.0 Å². The number of rotatable bonds is 7. The number of benzene rings is 2. The summed E-state index contributed by atoms with van der Waals surface area (Å²) in [7, 11) is 0. The summed E-state index contributed by atoms with van der Waals surface area (Å²) in [5.41, 5.74) is 2.77. The number of fused-ring (bicyclic) bond motifs is 1. The highest BCUT2D eigenvalue weighted by Crippen LogP contribution is 2.19. The molecule has 0 spiro atoms. The van der Waals surface area contributed by atoms with Gasteiger partial charge >= 0.3 is 0 Å². The second-order valence-corrected chi connectivity index (χ2v) is 8.68. The van der Waals surface area contributed by atoms with Gasteiger partial charge in [0.25, 0.3) is 0 Å². The largest absolute Gasteiger partial charge is 0.339 e. The van der Waals surface area contributed by atoms with Crippen LogP contribution in [-0.4, -0.2) is 64.3 Å². The van der Waals surface area contributed by atoms with Gasteiger partial charge in [-0.3, -0.25) is 19.5 Å². The molecule has 3 aromatic rings. The van der Waals surface area contributed by atoms with Gasteiger partial charge in [0, 0.05) is 50.0 Å². The maximum absolute atomic E-state index is 12.9. The Morgan fingerprint density at radius 3 is 2.50 bits per heavy atom. The minimum atomic E-state index is -0.350. The number of para-hydroxylation sites is 1. The topological polar surface area (TPSA) is 65.5 Å². The Bertz CT molecular complexity index is 1080. The van der Waals surface area contributed by atoms with Crippen LogP contribution in [0.4, 0.5) is 10.1 Å². The molecule has 2 amide bonds. The average Bonchev–Trinajstić information content (AvgIpc) is 2.81. The Hall–Kier alpha value is -2.97. The van der Waals surface area contributed by atoms with Gasteiger partial charge in [-0.1, -0.05) is 24.3 Å². The Morgan fingerprint density at radius 1 is 0.969 bits per heavy atom. The number of piperazine rings is 1. The zero-order chi connectivity index (χ0) is 22.3. The maximum Gasteiger partial charge on any atom is 0.234 e. The minimum Gasteiger partial charge on any atom is -0.339 e. The first-order valence-electron chi connectivity index (χ1n) is 10.5. The van der Waals surface area contributed by atoms with E-state index < -0.39 is 0 Å². The molecule has 0 unspecified atom stereocenters. The van der Waals surface area contributed by atoms with Gasteiger partial charge in [0.15, 0.2) is 0 Å². The van der Waals surface area contributed by atoms with Crippen LogP contribution in [0.15, 0.2) is 60.8 Å². The number of hydrogen-bond acceptors (Lipinski definition) is 5. The standard InChI is InChI=1S/C24H25FN4O2S/c25-20-6-8-21(9-7-20)27-22(30)16-32-17-23(31)29-13-11-28(12-14-29)15-19-4-1-3-18-5-2-10-26-24(18)19/h1-10H,11-17H2,(H,27,30). The fourth-order valence-electron chi connectivity index (χ4n) is 3.74. The number of halogens is 1. The number of nitrogens with zero attached hydrogens (tertiary/aromatic N) is 3. The number of amides is 2. The quantitative estimate of drug-likeness (QED) is 0.595. The van der Waals surface area contributed by atoms with Crippen molar-refractivity contribution in [2.75, 3.05) is 43.0 Å². The van der Waals surface area contributed by atoms with E-state index in [1.165, 1.54) is 41.6 Å². The summed E-state index contributed by atoms with van der Waals surface area (Å²) in [6.45, 7) is 3.79. The number of anilines is 1. The van der Waals surface area contributed by atoms with Crippen molar-refractivity contribution in [1.29, 1.82) is 0 Å². The number of carbonyl (C=O) groups is 2. The molecule has 0 atom stereocenters. The Balaban J connectivity index is 1.19. The molecule has 2 aromatic carbocycles. The number of carbonyl (C=O) groups excluding carboxylic acids is 2. The molecule has 1 aliphatic rings. The van der Waals surface area contributed by atoms with Crippen molar-refractivity contribution in [1.82, 2.24) is 14.8 Å². The Labute approximate surface area is 190 Å². The van der Waals surface area contributed by atoms with E-state index in [-0.39, 0.29) is 29.1 Å². The van der Waals surface area contributed by atoms with Gasteiger partial charge in [-0.05, 0) is 35.9 Å². The molecule has 2 heterocycles. The number of pyridine rings is 1. The number of hydrogen-bond donors (Lipinski definition) is 1. The van der Waals surface area contributed by atoms with Crippen molar-refractivity contribution in [2.24, 2.45) is 0 Å². The lowest BCUT2D eigenvalue weighted by Gasteiger charge is -2.34. The maximum atomic E-state index is 12.9. The average molecular weight is 453 g/mol. The van der Waals surface area contributed by atoms with Crippen LogP contribution >= 0.6 is 11.8 Å². The minimum absolute atomic E-state index is 0.0519. The van der Waals surface area contributed by atoms with Gasteiger partial charge < -0.3 is 10.2 Å². The van der Waals surface area contributed by atoms with Crippen molar-refractivity contribution in [3.05, 3.63) is 72.2 Å². The normalized spacial score (nSPS) is 14.5. The van der Waals surface area contributed by atoms with Crippen molar-refractivity contribution in [3.63, 3.8) is 0 Å². The van der Waals surface area contributed by atoms with E-state index >= 15 is 0 Å². The molecule has 1 fully saturated rings. The molecule has 4 rings (SSSR count). The lowest BCUT2D eigenvalue weighted by Crippen LogP contribution is -2.48. The van der Waals surface area contributed by atoms with Gasteiger partial charge in [-0.25, -0.2) is 4.39 Å². The fourth-order valence-corrected chi connectivity index (χ4v) is 4.46. The third kappa shape index (κ3) is 5.83. The highest BCUT2D eigenvalue weighted by molar-refractivity contribution is 8.00. The van der Waals surface area contributed by atoms with Crippen molar-refractivity contribution >= 4 is 40.2 Å². The molecule has 1 N–H and O–H groups in total. The molecular formula is C24H25FN4O2S. The molecule has 0 bridgehead atoms. The first-order chi connectivity index (χ1) is 15.6. The Kier molecular flexibility index (Phi) is 7.34. The molecule has 0 saturated carbocycles. The van der Waals surface area contributed by atoms with E-state index in [9.17, 15) is 14.0 Å². The van der Waals surface area contributed by atoms with Gasteiger partial charge in [0.1, 0.15) is 5.82 Å². The van der Waals surface area contributed by atoms with Crippen molar-refractivity contribution in [2.45, 2.75) is 6.54 Å². The summed E-state index contributed by atoms with van der Waals surface area (Å²) in [4.78, 5) is 33.3. The monoisotopic (exact) mass is 452 g/mol. The van der Waals surface area contributed by atoms with Gasteiger partial charge in [-0.15, -0.1) is 11.8 Å². The summed E-state index contributed by atoms with van der Waals surface area (Å²) < 4.78 is 12.9. The van der Waals surface area contributed by atoms with E-state index in [0.29, 0.717) is 18.8 Å². The third-order valence-electron chi connectivity index (χ3n) is 5.42. The summed E-state index contributed by atoms with van der Waals surface area (Å²) in [6, 6.07) is 15.9. The molecule has 8 heteroatoms. The smallest absolute Gasteiger partial charge is 0.234 e. The molecule has 1 saturated heterocycles. The number of nitrogens with one attached hydrogen (secondary N) is 1. The van der Waals surface area contributed by atoms with E-state index in [1.54, 1.807) is 0 Å². The molecular weight excluding hydrogens is 427 g/mol. The van der Waals surface area contributed by atoms with Crippen LogP contribution in [-0.2, 0) is 16.1 Å². The molecule has 6 nitrogen and oxygen atoms in total. The first-order valence-corrected chi connectivity index (χ1v) is 11.7. The lowest BCUT2D eigenvalue weighted by molar-refractivity contribution is -0.130. The zero-order valence-electron chi connectivity index (χ0n) is 17.7. The molecule has 32 heavy (non-hydrogen) atoms.